The number of hydrogen-bond donors (Lipinski definition) is 3. The van der Waals surface area contributed by atoms with E-state index in [4.69, 9.17) is 25.4 Å². The number of nitrogens with two attached hydrogens (primary N) is 1. The van der Waals surface area contributed by atoms with Crippen LogP contribution in [0.15, 0.2) is 12.4 Å². The van der Waals surface area contributed by atoms with Gasteiger partial charge in [0.2, 0.25) is 21.9 Å². The van der Waals surface area contributed by atoms with Crippen LogP contribution < -0.4 is 20.7 Å². The zero-order valence-corrected chi connectivity index (χ0v) is 19.8. The maximum atomic E-state index is 11.4. The van der Waals surface area contributed by atoms with E-state index in [0.29, 0.717) is 67.3 Å². The summed E-state index contributed by atoms with van der Waals surface area (Å²) in [5.41, 5.74) is 7.74. The standard InChI is InChI=1S/C20H28N10O3S/c1-34(31,32)25-5-4-22-20-26-15-17(29-6-8-33-9-7-29)27-16(14-10-23-19(21)24-11-14)28-18(15)30(20)12-13-2-3-13/h10-11,13,25H,2-9,12H2,1H3,(H,22,26)(H2,21,23,24). The van der Waals surface area contributed by atoms with Crippen LogP contribution in [0.3, 0.4) is 0 Å². The molecule has 2 fully saturated rings. The molecule has 34 heavy (non-hydrogen) atoms. The fourth-order valence-electron chi connectivity index (χ4n) is 3.84. The van der Waals surface area contributed by atoms with Gasteiger partial charge in [0, 0.05) is 45.1 Å². The van der Waals surface area contributed by atoms with E-state index in [2.05, 4.69) is 29.5 Å². The van der Waals surface area contributed by atoms with Gasteiger partial charge in [-0.25, -0.2) is 38.1 Å². The molecule has 3 aromatic rings. The number of ether oxygens (including phenoxy) is 1. The molecule has 1 saturated heterocycles. The van der Waals surface area contributed by atoms with Crippen molar-refractivity contribution in [3.63, 3.8) is 0 Å². The summed E-state index contributed by atoms with van der Waals surface area (Å²) in [6, 6.07) is 0. The lowest BCUT2D eigenvalue weighted by Gasteiger charge is -2.28. The monoisotopic (exact) mass is 488 g/mol. The van der Waals surface area contributed by atoms with Gasteiger partial charge in [-0.05, 0) is 18.8 Å². The number of aromatic nitrogens is 6. The molecular weight excluding hydrogens is 460 g/mol. The van der Waals surface area contributed by atoms with Crippen molar-refractivity contribution in [3.8, 4) is 11.4 Å². The highest BCUT2D eigenvalue weighted by Crippen LogP contribution is 2.35. The minimum absolute atomic E-state index is 0.186. The van der Waals surface area contributed by atoms with Crippen LogP contribution >= 0.6 is 0 Å². The first kappa shape index (κ1) is 22.7. The summed E-state index contributed by atoms with van der Waals surface area (Å²) < 4.78 is 32.9. The first-order chi connectivity index (χ1) is 16.4. The van der Waals surface area contributed by atoms with Crippen molar-refractivity contribution in [2.75, 3.05) is 61.6 Å². The summed E-state index contributed by atoms with van der Waals surface area (Å²) in [5, 5.41) is 3.28. The highest BCUT2D eigenvalue weighted by Gasteiger charge is 2.28. The Hall–Kier alpha value is -3.10. The maximum Gasteiger partial charge on any atom is 0.219 e. The average Bonchev–Trinajstić information content (AvgIpc) is 3.58. The zero-order valence-electron chi connectivity index (χ0n) is 18.9. The highest BCUT2D eigenvalue weighted by atomic mass is 32.2. The molecular formula is C20H28N10O3S. The van der Waals surface area contributed by atoms with Crippen molar-refractivity contribution in [2.24, 2.45) is 5.92 Å². The van der Waals surface area contributed by atoms with E-state index in [1.54, 1.807) is 12.4 Å². The van der Waals surface area contributed by atoms with E-state index >= 15 is 0 Å². The van der Waals surface area contributed by atoms with E-state index in [1.165, 1.54) is 0 Å². The molecule has 3 aromatic heterocycles. The molecule has 5 rings (SSSR count). The van der Waals surface area contributed by atoms with Crippen molar-refractivity contribution in [1.29, 1.82) is 0 Å². The molecule has 0 spiro atoms. The van der Waals surface area contributed by atoms with Gasteiger partial charge in [0.05, 0.1) is 25.0 Å². The summed E-state index contributed by atoms with van der Waals surface area (Å²) in [5.74, 6) is 2.62. The largest absolute Gasteiger partial charge is 0.378 e. The lowest BCUT2D eigenvalue weighted by molar-refractivity contribution is 0.122. The number of imidazole rings is 1. The molecule has 0 bridgehead atoms. The number of fused-ring (bicyclic) bond motifs is 1. The summed E-state index contributed by atoms with van der Waals surface area (Å²) in [4.78, 5) is 24.9. The van der Waals surface area contributed by atoms with E-state index in [1.807, 2.05) is 0 Å². The lowest BCUT2D eigenvalue weighted by atomic mass is 10.3. The van der Waals surface area contributed by atoms with Crippen molar-refractivity contribution in [2.45, 2.75) is 19.4 Å². The molecule has 1 saturated carbocycles. The minimum atomic E-state index is -3.26. The third kappa shape index (κ3) is 5.18. The predicted molar refractivity (Wildman–Crippen MR) is 128 cm³/mol. The summed E-state index contributed by atoms with van der Waals surface area (Å²) in [7, 11) is -3.26. The van der Waals surface area contributed by atoms with Crippen LogP contribution in [-0.2, 0) is 21.3 Å². The lowest BCUT2D eigenvalue weighted by Crippen LogP contribution is -2.37. The molecule has 182 valence electrons. The molecule has 0 radical (unpaired) electrons. The normalized spacial score (nSPS) is 16.8. The topological polar surface area (TPSA) is 166 Å². The molecule has 4 heterocycles. The molecule has 2 aliphatic rings. The second-order valence-corrected chi connectivity index (χ2v) is 10.4. The number of hydrogen-bond acceptors (Lipinski definition) is 11. The quantitative estimate of drug-likeness (QED) is 0.349. The van der Waals surface area contributed by atoms with Crippen molar-refractivity contribution < 1.29 is 13.2 Å². The van der Waals surface area contributed by atoms with Gasteiger partial charge in [-0.3, -0.25) is 4.57 Å². The number of anilines is 3. The van der Waals surface area contributed by atoms with Gasteiger partial charge in [-0.2, -0.15) is 0 Å². The van der Waals surface area contributed by atoms with Gasteiger partial charge in [-0.1, -0.05) is 0 Å². The number of morpholine rings is 1. The van der Waals surface area contributed by atoms with Crippen LogP contribution in [-0.4, -0.2) is 83.6 Å². The van der Waals surface area contributed by atoms with Crippen LogP contribution in [0.2, 0.25) is 0 Å². The SMILES string of the molecule is CS(=O)(=O)NCCNc1nc2c(N3CCOCC3)nc(-c3cnc(N)nc3)nc2n1CC1CC1. The van der Waals surface area contributed by atoms with Crippen LogP contribution in [0, 0.1) is 5.92 Å². The van der Waals surface area contributed by atoms with Gasteiger partial charge < -0.3 is 20.7 Å². The number of nitrogen functional groups attached to an aromatic ring is 1. The minimum Gasteiger partial charge on any atom is -0.378 e. The van der Waals surface area contributed by atoms with Gasteiger partial charge >= 0.3 is 0 Å². The third-order valence-corrected chi connectivity index (χ3v) is 6.46. The molecule has 0 unspecified atom stereocenters. The second kappa shape index (κ2) is 9.27. The van der Waals surface area contributed by atoms with E-state index in [9.17, 15) is 8.42 Å². The molecule has 1 aliphatic heterocycles. The first-order valence-corrected chi connectivity index (χ1v) is 13.1. The number of rotatable bonds is 9. The smallest absolute Gasteiger partial charge is 0.219 e. The average molecular weight is 489 g/mol. The summed E-state index contributed by atoms with van der Waals surface area (Å²) >= 11 is 0. The van der Waals surface area contributed by atoms with E-state index < -0.39 is 10.0 Å². The summed E-state index contributed by atoms with van der Waals surface area (Å²) in [6.07, 6.45) is 6.69. The molecule has 14 heteroatoms. The number of sulfonamides is 1. The second-order valence-electron chi connectivity index (χ2n) is 8.56. The van der Waals surface area contributed by atoms with Crippen LogP contribution in [0.1, 0.15) is 12.8 Å². The molecule has 1 aliphatic carbocycles. The first-order valence-electron chi connectivity index (χ1n) is 11.2. The Bertz CT molecular complexity index is 1270. The molecule has 0 aromatic carbocycles. The predicted octanol–water partition coefficient (Wildman–Crippen LogP) is 0.0732. The Balaban J connectivity index is 1.57. The fraction of sp³-hybridized carbons (Fsp3) is 0.550. The Morgan fingerprint density at radius 3 is 2.53 bits per heavy atom. The van der Waals surface area contributed by atoms with Gasteiger partial charge in [-0.15, -0.1) is 0 Å². The fourth-order valence-corrected chi connectivity index (χ4v) is 4.31. The van der Waals surface area contributed by atoms with Crippen molar-refractivity contribution in [3.05, 3.63) is 12.4 Å². The van der Waals surface area contributed by atoms with Crippen molar-refractivity contribution >= 4 is 38.9 Å². The zero-order chi connectivity index (χ0) is 23.7. The van der Waals surface area contributed by atoms with Gasteiger partial charge in [0.1, 0.15) is 0 Å². The molecule has 0 amide bonds. The highest BCUT2D eigenvalue weighted by molar-refractivity contribution is 7.88. The Labute approximate surface area is 197 Å². The molecule has 0 atom stereocenters. The van der Waals surface area contributed by atoms with E-state index in [0.717, 1.165) is 31.5 Å². The van der Waals surface area contributed by atoms with Crippen LogP contribution in [0.4, 0.5) is 17.7 Å². The maximum absolute atomic E-state index is 11.4. The Morgan fingerprint density at radius 1 is 1.12 bits per heavy atom. The van der Waals surface area contributed by atoms with Crippen molar-refractivity contribution in [1.82, 2.24) is 34.2 Å². The van der Waals surface area contributed by atoms with Crippen LogP contribution in [0.5, 0.6) is 0 Å². The van der Waals surface area contributed by atoms with E-state index in [-0.39, 0.29) is 12.5 Å². The van der Waals surface area contributed by atoms with Gasteiger partial charge in [0.15, 0.2) is 22.8 Å². The number of nitrogens with one attached hydrogen (secondary N) is 2. The third-order valence-electron chi connectivity index (χ3n) is 5.73. The Morgan fingerprint density at radius 2 is 1.85 bits per heavy atom. The van der Waals surface area contributed by atoms with Gasteiger partial charge in [0.25, 0.3) is 0 Å². The molecule has 13 nitrogen and oxygen atoms in total. The Kier molecular flexibility index (Phi) is 6.18. The van der Waals surface area contributed by atoms with Crippen LogP contribution in [0.25, 0.3) is 22.6 Å². The molecule has 4 N–H and O–H groups in total. The summed E-state index contributed by atoms with van der Waals surface area (Å²) in [6.45, 7) is 4.02. The number of nitrogens with zero attached hydrogens (tertiary/aromatic N) is 7.